The number of nitrogens with zero attached hydrogens (tertiary/aromatic N) is 1. The van der Waals surface area contributed by atoms with Crippen molar-refractivity contribution in [2.75, 3.05) is 0 Å². The van der Waals surface area contributed by atoms with Gasteiger partial charge in [-0.1, -0.05) is 35.3 Å². The van der Waals surface area contributed by atoms with Crippen LogP contribution in [0.3, 0.4) is 0 Å². The molecule has 0 atom stereocenters. The summed E-state index contributed by atoms with van der Waals surface area (Å²) in [6.45, 7) is 0. The standard InChI is InChI=1S/C17H11Cl2FN2O2S/c18-15-4-3-10(8-16(15)19)14-2-1-5-22-17(14)11-6-12(20)9-13(7-11)25(21,23)24/h1-9H,(H2,21,23,24). The molecule has 0 saturated carbocycles. The first-order valence-corrected chi connectivity index (χ1v) is 9.30. The normalized spacial score (nSPS) is 11.5. The molecule has 0 radical (unpaired) electrons. The summed E-state index contributed by atoms with van der Waals surface area (Å²) in [4.78, 5) is 3.94. The Hall–Kier alpha value is -1.99. The second-order valence-corrected chi connectivity index (χ2v) is 7.62. The minimum atomic E-state index is -4.05. The number of sulfonamides is 1. The third-order valence-corrected chi connectivity index (χ3v) is 5.14. The molecular weight excluding hydrogens is 386 g/mol. The monoisotopic (exact) mass is 396 g/mol. The molecular formula is C17H11Cl2FN2O2S. The molecule has 0 aliphatic rings. The lowest BCUT2D eigenvalue weighted by atomic mass is 9.99. The maximum absolute atomic E-state index is 13.9. The molecule has 128 valence electrons. The summed E-state index contributed by atoms with van der Waals surface area (Å²) in [7, 11) is -4.05. The lowest BCUT2D eigenvalue weighted by Crippen LogP contribution is -2.12. The van der Waals surface area contributed by atoms with Crippen LogP contribution in [0.5, 0.6) is 0 Å². The van der Waals surface area contributed by atoms with Gasteiger partial charge in [-0.15, -0.1) is 0 Å². The zero-order valence-electron chi connectivity index (χ0n) is 12.6. The van der Waals surface area contributed by atoms with E-state index < -0.39 is 15.8 Å². The highest BCUT2D eigenvalue weighted by Gasteiger charge is 2.15. The second-order valence-electron chi connectivity index (χ2n) is 5.25. The van der Waals surface area contributed by atoms with Gasteiger partial charge < -0.3 is 0 Å². The summed E-state index contributed by atoms with van der Waals surface area (Å²) in [6, 6.07) is 11.8. The topological polar surface area (TPSA) is 73.1 Å². The quantitative estimate of drug-likeness (QED) is 0.707. The van der Waals surface area contributed by atoms with Crippen LogP contribution in [0.15, 0.2) is 59.6 Å². The van der Waals surface area contributed by atoms with E-state index in [2.05, 4.69) is 4.98 Å². The molecule has 1 heterocycles. The van der Waals surface area contributed by atoms with Crippen molar-refractivity contribution in [3.05, 3.63) is 70.6 Å². The van der Waals surface area contributed by atoms with Gasteiger partial charge >= 0.3 is 0 Å². The largest absolute Gasteiger partial charge is 0.256 e. The van der Waals surface area contributed by atoms with E-state index in [1.54, 1.807) is 30.3 Å². The maximum atomic E-state index is 13.9. The van der Waals surface area contributed by atoms with Crippen molar-refractivity contribution in [3.63, 3.8) is 0 Å². The number of halogens is 3. The average Bonchev–Trinajstić information content (AvgIpc) is 2.56. The van der Waals surface area contributed by atoms with E-state index in [1.807, 2.05) is 0 Å². The molecule has 0 aliphatic carbocycles. The number of benzene rings is 2. The predicted molar refractivity (Wildman–Crippen MR) is 96.5 cm³/mol. The predicted octanol–water partition coefficient (Wildman–Crippen LogP) is 4.51. The maximum Gasteiger partial charge on any atom is 0.238 e. The van der Waals surface area contributed by atoms with Gasteiger partial charge in [0.25, 0.3) is 0 Å². The zero-order chi connectivity index (χ0) is 18.2. The van der Waals surface area contributed by atoms with Crippen molar-refractivity contribution in [2.45, 2.75) is 4.90 Å². The Kier molecular flexibility index (Phi) is 4.79. The van der Waals surface area contributed by atoms with E-state index in [9.17, 15) is 12.8 Å². The molecule has 4 nitrogen and oxygen atoms in total. The van der Waals surface area contributed by atoms with E-state index >= 15 is 0 Å². The van der Waals surface area contributed by atoms with Gasteiger partial charge in [-0.05, 0) is 42.0 Å². The van der Waals surface area contributed by atoms with Gasteiger partial charge in [0.15, 0.2) is 0 Å². The Bertz CT molecular complexity index is 1070. The molecule has 0 fully saturated rings. The lowest BCUT2D eigenvalue weighted by molar-refractivity contribution is 0.592. The Labute approximate surface area is 154 Å². The highest BCUT2D eigenvalue weighted by atomic mass is 35.5. The molecule has 0 aliphatic heterocycles. The van der Waals surface area contributed by atoms with Crippen molar-refractivity contribution in [2.24, 2.45) is 5.14 Å². The summed E-state index contributed by atoms with van der Waals surface area (Å²) in [5, 5.41) is 5.87. The van der Waals surface area contributed by atoms with Crippen molar-refractivity contribution < 1.29 is 12.8 Å². The lowest BCUT2D eigenvalue weighted by Gasteiger charge is -2.11. The molecule has 25 heavy (non-hydrogen) atoms. The van der Waals surface area contributed by atoms with Gasteiger partial charge in [-0.3, -0.25) is 4.98 Å². The minimum absolute atomic E-state index is 0.283. The average molecular weight is 397 g/mol. The first-order valence-electron chi connectivity index (χ1n) is 7.00. The number of aromatic nitrogens is 1. The van der Waals surface area contributed by atoms with Gasteiger partial charge in [0.05, 0.1) is 20.6 Å². The van der Waals surface area contributed by atoms with Gasteiger partial charge in [-0.25, -0.2) is 17.9 Å². The van der Waals surface area contributed by atoms with Crippen LogP contribution in [0.4, 0.5) is 4.39 Å². The zero-order valence-corrected chi connectivity index (χ0v) is 14.9. The third kappa shape index (κ3) is 3.82. The van der Waals surface area contributed by atoms with Crippen LogP contribution in [0.25, 0.3) is 22.4 Å². The van der Waals surface area contributed by atoms with Gasteiger partial charge in [-0.2, -0.15) is 0 Å². The third-order valence-electron chi connectivity index (χ3n) is 3.51. The van der Waals surface area contributed by atoms with Crippen LogP contribution >= 0.6 is 23.2 Å². The molecule has 0 unspecified atom stereocenters. The molecule has 3 aromatic rings. The molecule has 0 saturated heterocycles. The van der Waals surface area contributed by atoms with Crippen molar-refractivity contribution in [3.8, 4) is 22.4 Å². The van der Waals surface area contributed by atoms with Crippen LogP contribution in [0.2, 0.25) is 10.0 Å². The summed E-state index contributed by atoms with van der Waals surface area (Å²) < 4.78 is 37.0. The molecule has 0 amide bonds. The molecule has 2 aromatic carbocycles. The minimum Gasteiger partial charge on any atom is -0.256 e. The number of rotatable bonds is 3. The molecule has 1 aromatic heterocycles. The fraction of sp³-hybridized carbons (Fsp3) is 0. The fourth-order valence-electron chi connectivity index (χ4n) is 2.40. The first-order chi connectivity index (χ1) is 11.8. The van der Waals surface area contributed by atoms with E-state index in [0.29, 0.717) is 26.9 Å². The van der Waals surface area contributed by atoms with Crippen molar-refractivity contribution in [1.29, 1.82) is 0 Å². The number of hydrogen-bond donors (Lipinski definition) is 1. The summed E-state index contributed by atoms with van der Waals surface area (Å²) in [6.07, 6.45) is 1.53. The number of hydrogen-bond acceptors (Lipinski definition) is 3. The summed E-state index contributed by atoms with van der Waals surface area (Å²) >= 11 is 12.0. The Morgan fingerprint density at radius 3 is 2.40 bits per heavy atom. The summed E-state index contributed by atoms with van der Waals surface area (Å²) in [5.74, 6) is -0.729. The van der Waals surface area contributed by atoms with Crippen LogP contribution < -0.4 is 5.14 Å². The SMILES string of the molecule is NS(=O)(=O)c1cc(F)cc(-c2ncccc2-c2ccc(Cl)c(Cl)c2)c1. The number of pyridine rings is 1. The number of primary sulfonamides is 1. The Balaban J connectivity index is 2.23. The smallest absolute Gasteiger partial charge is 0.238 e. The van der Waals surface area contributed by atoms with Crippen molar-refractivity contribution in [1.82, 2.24) is 4.98 Å². The molecule has 0 bridgehead atoms. The molecule has 0 spiro atoms. The second kappa shape index (κ2) is 6.72. The van der Waals surface area contributed by atoms with Crippen molar-refractivity contribution >= 4 is 33.2 Å². The van der Waals surface area contributed by atoms with Gasteiger partial charge in [0, 0.05) is 17.3 Å². The molecule has 3 rings (SSSR count). The van der Waals surface area contributed by atoms with Crippen LogP contribution in [-0.4, -0.2) is 13.4 Å². The molecule has 2 N–H and O–H groups in total. The molecule has 8 heteroatoms. The highest BCUT2D eigenvalue weighted by molar-refractivity contribution is 7.89. The Morgan fingerprint density at radius 2 is 1.72 bits per heavy atom. The fourth-order valence-corrected chi connectivity index (χ4v) is 3.26. The van der Waals surface area contributed by atoms with E-state index in [4.69, 9.17) is 28.3 Å². The van der Waals surface area contributed by atoms with E-state index in [1.165, 1.54) is 18.3 Å². The van der Waals surface area contributed by atoms with E-state index in [0.717, 1.165) is 6.07 Å². The van der Waals surface area contributed by atoms with E-state index in [-0.39, 0.29) is 10.5 Å². The van der Waals surface area contributed by atoms with Gasteiger partial charge in [0.1, 0.15) is 5.82 Å². The van der Waals surface area contributed by atoms with Crippen LogP contribution in [-0.2, 0) is 10.0 Å². The first kappa shape index (κ1) is 17.8. The van der Waals surface area contributed by atoms with Crippen LogP contribution in [0.1, 0.15) is 0 Å². The Morgan fingerprint density at radius 1 is 0.960 bits per heavy atom. The summed E-state index contributed by atoms with van der Waals surface area (Å²) in [5.41, 5.74) is 2.03. The van der Waals surface area contributed by atoms with Gasteiger partial charge in [0.2, 0.25) is 10.0 Å². The van der Waals surface area contributed by atoms with Crippen LogP contribution in [0, 0.1) is 5.82 Å². The highest BCUT2D eigenvalue weighted by Crippen LogP contribution is 2.34. The number of nitrogens with two attached hydrogens (primary N) is 1.